The third kappa shape index (κ3) is 2.75. The van der Waals surface area contributed by atoms with Crippen LogP contribution in [0.4, 0.5) is 5.69 Å². The minimum Gasteiger partial charge on any atom is -0.398 e. The summed E-state index contributed by atoms with van der Waals surface area (Å²) in [5.74, 6) is 0. The number of nitrogens with two attached hydrogens (primary N) is 1. The SMILES string of the molecule is Cc1ccc(N)c(C=CCC=O)c1. The summed E-state index contributed by atoms with van der Waals surface area (Å²) in [5, 5.41) is 0. The van der Waals surface area contributed by atoms with Crippen molar-refractivity contribution in [1.29, 1.82) is 0 Å². The molecule has 1 aromatic rings. The highest BCUT2D eigenvalue weighted by atomic mass is 16.1. The quantitative estimate of drug-likeness (QED) is 0.565. The predicted octanol–water partition coefficient (Wildman–Crippen LogP) is 2.18. The van der Waals surface area contributed by atoms with Crippen LogP contribution in [0.2, 0.25) is 0 Å². The molecule has 0 unspecified atom stereocenters. The van der Waals surface area contributed by atoms with Crippen LogP contribution in [-0.2, 0) is 4.79 Å². The number of carbonyl (C=O) groups is 1. The highest BCUT2D eigenvalue weighted by molar-refractivity contribution is 5.67. The molecule has 0 amide bonds. The lowest BCUT2D eigenvalue weighted by molar-refractivity contribution is -0.107. The molecule has 0 heterocycles. The number of anilines is 1. The lowest BCUT2D eigenvalue weighted by atomic mass is 10.1. The molecule has 13 heavy (non-hydrogen) atoms. The maximum absolute atomic E-state index is 10.1. The van der Waals surface area contributed by atoms with Crippen LogP contribution < -0.4 is 5.73 Å². The maximum Gasteiger partial charge on any atom is 0.123 e. The predicted molar refractivity (Wildman–Crippen MR) is 55.3 cm³/mol. The monoisotopic (exact) mass is 175 g/mol. The molecule has 68 valence electrons. The van der Waals surface area contributed by atoms with Crippen LogP contribution in [0.15, 0.2) is 24.3 Å². The van der Waals surface area contributed by atoms with E-state index >= 15 is 0 Å². The molecule has 1 aromatic carbocycles. The van der Waals surface area contributed by atoms with Crippen molar-refractivity contribution in [3.05, 3.63) is 35.4 Å². The van der Waals surface area contributed by atoms with Gasteiger partial charge in [0.25, 0.3) is 0 Å². The van der Waals surface area contributed by atoms with E-state index < -0.39 is 0 Å². The molecule has 0 aliphatic rings. The average Bonchev–Trinajstić information content (AvgIpc) is 2.11. The molecule has 0 bridgehead atoms. The van der Waals surface area contributed by atoms with Crippen LogP contribution in [0.25, 0.3) is 6.08 Å². The minimum absolute atomic E-state index is 0.438. The third-order valence-corrected chi connectivity index (χ3v) is 1.77. The van der Waals surface area contributed by atoms with Gasteiger partial charge in [0.15, 0.2) is 0 Å². The van der Waals surface area contributed by atoms with Gasteiger partial charge in [-0.25, -0.2) is 0 Å². The number of hydrogen-bond donors (Lipinski definition) is 1. The number of hydrogen-bond acceptors (Lipinski definition) is 2. The zero-order valence-electron chi connectivity index (χ0n) is 7.66. The molecule has 0 fully saturated rings. The van der Waals surface area contributed by atoms with Gasteiger partial charge in [0.2, 0.25) is 0 Å². The Hall–Kier alpha value is -1.57. The Kier molecular flexibility index (Phi) is 3.26. The van der Waals surface area contributed by atoms with Gasteiger partial charge < -0.3 is 10.5 Å². The van der Waals surface area contributed by atoms with E-state index in [1.165, 1.54) is 5.56 Å². The zero-order chi connectivity index (χ0) is 9.68. The Bertz CT molecular complexity index is 329. The normalized spacial score (nSPS) is 10.5. The summed E-state index contributed by atoms with van der Waals surface area (Å²) in [6.45, 7) is 2.01. The van der Waals surface area contributed by atoms with Crippen LogP contribution in [0.1, 0.15) is 17.5 Å². The van der Waals surface area contributed by atoms with Crippen molar-refractivity contribution in [3.8, 4) is 0 Å². The third-order valence-electron chi connectivity index (χ3n) is 1.77. The number of benzene rings is 1. The fourth-order valence-corrected chi connectivity index (χ4v) is 1.09. The van der Waals surface area contributed by atoms with E-state index in [0.29, 0.717) is 6.42 Å². The molecule has 2 nitrogen and oxygen atoms in total. The molecular formula is C11H13NO. The van der Waals surface area contributed by atoms with Crippen LogP contribution in [0, 0.1) is 6.92 Å². The first-order chi connectivity index (χ1) is 6.24. The summed E-state index contributed by atoms with van der Waals surface area (Å²) in [4.78, 5) is 10.1. The first kappa shape index (κ1) is 9.52. The molecule has 0 saturated carbocycles. The first-order valence-corrected chi connectivity index (χ1v) is 4.20. The van der Waals surface area contributed by atoms with E-state index in [9.17, 15) is 4.79 Å². The Morgan fingerprint density at radius 1 is 1.46 bits per heavy atom. The van der Waals surface area contributed by atoms with Gasteiger partial charge in [-0.05, 0) is 24.6 Å². The van der Waals surface area contributed by atoms with Gasteiger partial charge >= 0.3 is 0 Å². The van der Waals surface area contributed by atoms with Crippen molar-refractivity contribution in [2.45, 2.75) is 13.3 Å². The van der Waals surface area contributed by atoms with Gasteiger partial charge in [0.1, 0.15) is 6.29 Å². The van der Waals surface area contributed by atoms with Crippen LogP contribution in [0.3, 0.4) is 0 Å². The molecular weight excluding hydrogens is 162 g/mol. The summed E-state index contributed by atoms with van der Waals surface area (Å²) in [7, 11) is 0. The Balaban J connectivity index is 2.86. The van der Waals surface area contributed by atoms with Gasteiger partial charge in [0.05, 0.1) is 0 Å². The summed E-state index contributed by atoms with van der Waals surface area (Å²) in [6.07, 6.45) is 4.98. The van der Waals surface area contributed by atoms with E-state index in [-0.39, 0.29) is 0 Å². The molecule has 0 aliphatic carbocycles. The number of rotatable bonds is 3. The molecule has 0 saturated heterocycles. The van der Waals surface area contributed by atoms with Crippen molar-refractivity contribution in [3.63, 3.8) is 0 Å². The van der Waals surface area contributed by atoms with E-state index in [0.717, 1.165) is 17.5 Å². The highest BCUT2D eigenvalue weighted by Crippen LogP contribution is 2.15. The molecule has 0 spiro atoms. The second-order valence-electron chi connectivity index (χ2n) is 2.94. The Morgan fingerprint density at radius 3 is 2.92 bits per heavy atom. The van der Waals surface area contributed by atoms with Crippen molar-refractivity contribution in [2.75, 3.05) is 5.73 Å². The van der Waals surface area contributed by atoms with E-state index in [1.807, 2.05) is 31.2 Å². The zero-order valence-corrected chi connectivity index (χ0v) is 7.66. The summed E-state index contributed by atoms with van der Waals surface area (Å²) in [6, 6.07) is 5.83. The lowest BCUT2D eigenvalue weighted by Gasteiger charge is -2.00. The second kappa shape index (κ2) is 4.45. The van der Waals surface area contributed by atoms with E-state index in [1.54, 1.807) is 6.08 Å². The van der Waals surface area contributed by atoms with Crippen LogP contribution in [-0.4, -0.2) is 6.29 Å². The van der Waals surface area contributed by atoms with E-state index in [2.05, 4.69) is 0 Å². The van der Waals surface area contributed by atoms with Crippen molar-refractivity contribution < 1.29 is 4.79 Å². The Labute approximate surface area is 78.1 Å². The number of nitrogen functional groups attached to an aromatic ring is 1. The van der Waals surface area contributed by atoms with Gasteiger partial charge in [-0.1, -0.05) is 23.8 Å². The van der Waals surface area contributed by atoms with Gasteiger partial charge in [-0.2, -0.15) is 0 Å². The molecule has 2 N–H and O–H groups in total. The molecule has 1 rings (SSSR count). The number of carbonyl (C=O) groups excluding carboxylic acids is 1. The molecule has 2 heteroatoms. The van der Waals surface area contributed by atoms with Crippen molar-refractivity contribution >= 4 is 18.0 Å². The van der Waals surface area contributed by atoms with Crippen molar-refractivity contribution in [2.24, 2.45) is 0 Å². The topological polar surface area (TPSA) is 43.1 Å². The number of aldehydes is 1. The van der Waals surface area contributed by atoms with E-state index in [4.69, 9.17) is 5.73 Å². The fraction of sp³-hybridized carbons (Fsp3) is 0.182. The first-order valence-electron chi connectivity index (χ1n) is 4.20. The largest absolute Gasteiger partial charge is 0.398 e. The summed E-state index contributed by atoms with van der Waals surface area (Å²) >= 11 is 0. The van der Waals surface area contributed by atoms with Gasteiger partial charge in [0, 0.05) is 12.1 Å². The van der Waals surface area contributed by atoms with Crippen molar-refractivity contribution in [1.82, 2.24) is 0 Å². The molecule has 0 aromatic heterocycles. The fourth-order valence-electron chi connectivity index (χ4n) is 1.09. The smallest absolute Gasteiger partial charge is 0.123 e. The molecule has 0 atom stereocenters. The summed E-state index contributed by atoms with van der Waals surface area (Å²) < 4.78 is 0. The minimum atomic E-state index is 0.438. The number of aryl methyl sites for hydroxylation is 1. The average molecular weight is 175 g/mol. The standard InChI is InChI=1S/C11H13NO/c1-9-5-6-11(12)10(8-9)4-2-3-7-13/h2,4-8H,3,12H2,1H3. The second-order valence-corrected chi connectivity index (χ2v) is 2.94. The summed E-state index contributed by atoms with van der Waals surface area (Å²) in [5.41, 5.74) is 8.62. The highest BCUT2D eigenvalue weighted by Gasteiger charge is 1.93. The molecule has 0 aliphatic heterocycles. The van der Waals surface area contributed by atoms with Crippen LogP contribution >= 0.6 is 0 Å². The molecule has 0 radical (unpaired) electrons. The number of allylic oxidation sites excluding steroid dienone is 1. The van der Waals surface area contributed by atoms with Gasteiger partial charge in [-0.15, -0.1) is 0 Å². The Morgan fingerprint density at radius 2 is 2.23 bits per heavy atom. The lowest BCUT2D eigenvalue weighted by Crippen LogP contribution is -1.89. The maximum atomic E-state index is 10.1. The van der Waals surface area contributed by atoms with Gasteiger partial charge in [-0.3, -0.25) is 0 Å². The van der Waals surface area contributed by atoms with Crippen LogP contribution in [0.5, 0.6) is 0 Å².